The summed E-state index contributed by atoms with van der Waals surface area (Å²) in [6, 6.07) is 0.0646. The number of ether oxygens (including phenoxy) is 4. The summed E-state index contributed by atoms with van der Waals surface area (Å²) in [7, 11) is 0. The molecule has 0 spiro atoms. The van der Waals surface area contributed by atoms with E-state index in [0.29, 0.717) is 45.1 Å². The van der Waals surface area contributed by atoms with Crippen LogP contribution in [0, 0.1) is 0 Å². The first kappa shape index (κ1) is 39.1. The normalized spacial score (nSPS) is 34.0. The maximum atomic E-state index is 12.1. The first-order valence-corrected chi connectivity index (χ1v) is 15.5. The third-order valence-electron chi connectivity index (χ3n) is 7.79. The van der Waals surface area contributed by atoms with Crippen molar-refractivity contribution >= 4 is 5.91 Å². The molecule has 2 fully saturated rings. The molecule has 0 radical (unpaired) electrons. The maximum absolute atomic E-state index is 12.1. The van der Waals surface area contributed by atoms with Gasteiger partial charge in [0.15, 0.2) is 12.6 Å². The first-order valence-electron chi connectivity index (χ1n) is 15.5. The molecule has 260 valence electrons. The van der Waals surface area contributed by atoms with Gasteiger partial charge in [-0.2, -0.15) is 0 Å². The topological polar surface area (TPSA) is 260 Å². The van der Waals surface area contributed by atoms with Gasteiger partial charge in [-0.05, 0) is 51.9 Å². The summed E-state index contributed by atoms with van der Waals surface area (Å²) in [4.78, 5) is 12.1. The Bertz CT molecular complexity index is 781. The highest BCUT2D eigenvalue weighted by Gasteiger charge is 2.45. The minimum absolute atomic E-state index is 0.0646. The molecule has 0 aliphatic carbocycles. The number of aliphatic hydroxyl groups is 9. The summed E-state index contributed by atoms with van der Waals surface area (Å²) in [6.07, 6.45) is -8.35. The Morgan fingerprint density at radius 2 is 1.20 bits per heavy atom. The Hall–Kier alpha value is -1.09. The van der Waals surface area contributed by atoms with E-state index in [9.17, 15) is 50.8 Å². The van der Waals surface area contributed by atoms with Crippen molar-refractivity contribution in [1.82, 2.24) is 10.6 Å². The number of amides is 1. The molecule has 0 aromatic heterocycles. The predicted octanol–water partition coefficient (Wildman–Crippen LogP) is -3.46. The molecule has 0 aromatic rings. The molecule has 2 rings (SSSR count). The predicted molar refractivity (Wildman–Crippen MR) is 153 cm³/mol. The summed E-state index contributed by atoms with van der Waals surface area (Å²) in [5, 5.41) is 93.7. The number of aliphatic hydroxyl groups excluding tert-OH is 9. The van der Waals surface area contributed by atoms with Gasteiger partial charge >= 0.3 is 0 Å². The van der Waals surface area contributed by atoms with Gasteiger partial charge in [0.1, 0.15) is 55.1 Å². The Balaban J connectivity index is 1.44. The number of hydrogen-bond acceptors (Lipinski definition) is 15. The van der Waals surface area contributed by atoms with Crippen LogP contribution in [0.3, 0.4) is 0 Å². The van der Waals surface area contributed by atoms with Crippen LogP contribution < -0.4 is 10.6 Å². The second kappa shape index (κ2) is 20.9. The van der Waals surface area contributed by atoms with E-state index in [2.05, 4.69) is 10.6 Å². The maximum Gasteiger partial charge on any atom is 0.219 e. The average molecular weight is 643 g/mol. The monoisotopic (exact) mass is 642 g/mol. The van der Waals surface area contributed by atoms with E-state index >= 15 is 0 Å². The average Bonchev–Trinajstić information content (AvgIpc) is 3.00. The lowest BCUT2D eigenvalue weighted by Crippen LogP contribution is -2.59. The molecule has 2 heterocycles. The van der Waals surface area contributed by atoms with Crippen LogP contribution in [0.2, 0.25) is 0 Å². The minimum Gasteiger partial charge on any atom is -0.394 e. The fourth-order valence-electron chi connectivity index (χ4n) is 5.02. The lowest BCUT2D eigenvalue weighted by atomic mass is 9.99. The highest BCUT2D eigenvalue weighted by molar-refractivity contribution is 5.75. The summed E-state index contributed by atoms with van der Waals surface area (Å²) in [6.45, 7) is 1.82. The second-order valence-electron chi connectivity index (χ2n) is 11.5. The molecule has 0 aromatic carbocycles. The van der Waals surface area contributed by atoms with E-state index in [1.807, 2.05) is 6.92 Å². The molecule has 11 unspecified atom stereocenters. The van der Waals surface area contributed by atoms with Gasteiger partial charge in [0, 0.05) is 32.2 Å². The molecule has 2 aliphatic rings. The van der Waals surface area contributed by atoms with E-state index < -0.39 is 80.9 Å². The molecule has 2 aliphatic heterocycles. The van der Waals surface area contributed by atoms with Crippen LogP contribution in [0.1, 0.15) is 64.7 Å². The van der Waals surface area contributed by atoms with Crippen molar-refractivity contribution in [2.45, 2.75) is 138 Å². The molecule has 2 saturated heterocycles. The van der Waals surface area contributed by atoms with Crippen LogP contribution in [-0.2, 0) is 23.7 Å². The van der Waals surface area contributed by atoms with Gasteiger partial charge in [-0.15, -0.1) is 0 Å². The van der Waals surface area contributed by atoms with Crippen LogP contribution in [0.15, 0.2) is 0 Å². The van der Waals surface area contributed by atoms with Gasteiger partial charge in [0.05, 0.1) is 13.2 Å². The Morgan fingerprint density at radius 1 is 0.705 bits per heavy atom. The standard InChI is InChI=1S/C28H54N2O14/c1-16(30-20(34)10-4-7-13-42-28-26(40)24(38)22(36)18(15-32)44-28)8-2-5-11-29-19(33)9-3-6-12-41-27-25(39)23(37)21(35)17(14-31)43-27/h16-18,20-28,30-32,34-40H,2-15H2,1H3,(H,29,33)/t16-,17?,18?,20?,21?,22?,23?,24?,25?,26?,27?,28?/m0/s1. The molecule has 0 saturated carbocycles. The van der Waals surface area contributed by atoms with Crippen LogP contribution >= 0.6 is 0 Å². The van der Waals surface area contributed by atoms with Crippen molar-refractivity contribution in [2.24, 2.45) is 0 Å². The van der Waals surface area contributed by atoms with E-state index in [1.165, 1.54) is 0 Å². The van der Waals surface area contributed by atoms with Gasteiger partial charge in [0.2, 0.25) is 5.91 Å². The first-order chi connectivity index (χ1) is 21.0. The Labute approximate surface area is 257 Å². The SMILES string of the molecule is C[C@@H](CCCCNC(=O)CCCCOC1OC(CO)C(O)C(O)C1O)NC(O)CCCCOC1OC(CO)C(O)C(O)C1O. The van der Waals surface area contributed by atoms with Crippen LogP contribution in [0.4, 0.5) is 0 Å². The molecule has 44 heavy (non-hydrogen) atoms. The zero-order valence-corrected chi connectivity index (χ0v) is 25.4. The zero-order chi connectivity index (χ0) is 32.6. The van der Waals surface area contributed by atoms with Crippen molar-refractivity contribution in [2.75, 3.05) is 33.0 Å². The zero-order valence-electron chi connectivity index (χ0n) is 25.4. The summed E-state index contributed by atoms with van der Waals surface area (Å²) in [5.74, 6) is -0.0880. The van der Waals surface area contributed by atoms with Gasteiger partial charge in [-0.1, -0.05) is 6.42 Å². The largest absolute Gasteiger partial charge is 0.394 e. The second-order valence-corrected chi connectivity index (χ2v) is 11.5. The summed E-state index contributed by atoms with van der Waals surface area (Å²) >= 11 is 0. The molecule has 1 amide bonds. The number of rotatable bonds is 21. The van der Waals surface area contributed by atoms with Crippen molar-refractivity contribution in [1.29, 1.82) is 0 Å². The molecule has 0 bridgehead atoms. The fourth-order valence-corrected chi connectivity index (χ4v) is 5.02. The van der Waals surface area contributed by atoms with Crippen molar-refractivity contribution in [3.8, 4) is 0 Å². The van der Waals surface area contributed by atoms with Crippen molar-refractivity contribution in [3.05, 3.63) is 0 Å². The van der Waals surface area contributed by atoms with Crippen molar-refractivity contribution in [3.63, 3.8) is 0 Å². The lowest BCUT2D eigenvalue weighted by Gasteiger charge is -2.39. The summed E-state index contributed by atoms with van der Waals surface area (Å²) in [5.41, 5.74) is 0. The van der Waals surface area contributed by atoms with Crippen LogP contribution in [0.5, 0.6) is 0 Å². The molecule has 12 atom stereocenters. The van der Waals surface area contributed by atoms with E-state index in [1.54, 1.807) is 0 Å². The van der Waals surface area contributed by atoms with Gasteiger partial charge < -0.3 is 70.2 Å². The lowest BCUT2D eigenvalue weighted by molar-refractivity contribution is -0.301. The number of carbonyl (C=O) groups excluding carboxylic acids is 1. The highest BCUT2D eigenvalue weighted by Crippen LogP contribution is 2.23. The molecule has 16 nitrogen and oxygen atoms in total. The van der Waals surface area contributed by atoms with Crippen LogP contribution in [-0.4, -0.2) is 159 Å². The number of hydrogen-bond donors (Lipinski definition) is 11. The van der Waals surface area contributed by atoms with Gasteiger partial charge in [0.25, 0.3) is 0 Å². The molecular formula is C28H54N2O14. The smallest absolute Gasteiger partial charge is 0.219 e. The number of unbranched alkanes of at least 4 members (excludes halogenated alkanes) is 3. The van der Waals surface area contributed by atoms with E-state index in [0.717, 1.165) is 19.3 Å². The van der Waals surface area contributed by atoms with Gasteiger partial charge in [-0.3, -0.25) is 10.1 Å². The van der Waals surface area contributed by atoms with Gasteiger partial charge in [-0.25, -0.2) is 0 Å². The van der Waals surface area contributed by atoms with E-state index in [4.69, 9.17) is 18.9 Å². The minimum atomic E-state index is -1.49. The third kappa shape index (κ3) is 13.0. The fraction of sp³-hybridized carbons (Fsp3) is 0.964. The quantitative estimate of drug-likeness (QED) is 0.0430. The van der Waals surface area contributed by atoms with E-state index in [-0.39, 0.29) is 25.2 Å². The molecule has 16 heteroatoms. The molecular weight excluding hydrogens is 588 g/mol. The van der Waals surface area contributed by atoms with Crippen molar-refractivity contribution < 1.29 is 69.7 Å². The Kier molecular flexibility index (Phi) is 18.6. The summed E-state index contributed by atoms with van der Waals surface area (Å²) < 4.78 is 21.4. The third-order valence-corrected chi connectivity index (χ3v) is 7.79. The molecule has 11 N–H and O–H groups in total. The number of nitrogens with one attached hydrogen (secondary N) is 2. The highest BCUT2D eigenvalue weighted by atomic mass is 16.7. The number of carbonyl (C=O) groups is 1. The van der Waals surface area contributed by atoms with Crippen LogP contribution in [0.25, 0.3) is 0 Å². The Morgan fingerprint density at radius 3 is 1.73 bits per heavy atom.